The average molecular weight is 423 g/mol. The lowest BCUT2D eigenvalue weighted by Gasteiger charge is -2.08. The summed E-state index contributed by atoms with van der Waals surface area (Å²) in [7, 11) is -3.55. The van der Waals surface area contributed by atoms with Gasteiger partial charge in [0.2, 0.25) is 10.0 Å². The fourth-order valence-corrected chi connectivity index (χ4v) is 4.18. The molecule has 0 saturated carbocycles. The lowest BCUT2D eigenvalue weighted by atomic mass is 10.1. The first-order chi connectivity index (χ1) is 14.6. The Labute approximate surface area is 175 Å². The third-order valence-electron chi connectivity index (χ3n) is 4.65. The van der Waals surface area contributed by atoms with Crippen LogP contribution >= 0.6 is 0 Å². The van der Waals surface area contributed by atoms with Crippen molar-refractivity contribution in [3.8, 4) is 0 Å². The highest BCUT2D eigenvalue weighted by atomic mass is 32.2. The number of rotatable bonds is 9. The van der Waals surface area contributed by atoms with E-state index in [4.69, 9.17) is 0 Å². The molecular formula is C21H22N6O2S. The van der Waals surface area contributed by atoms with Crippen LogP contribution in [0.1, 0.15) is 5.56 Å². The number of hydrogen-bond acceptors (Lipinski definition) is 6. The van der Waals surface area contributed by atoms with E-state index in [-0.39, 0.29) is 11.4 Å². The van der Waals surface area contributed by atoms with Gasteiger partial charge in [0, 0.05) is 13.1 Å². The molecule has 4 rings (SSSR count). The number of anilines is 1. The SMILES string of the molecule is O=S(=O)(NCCn1ncc2c(NCCc3ccccc3)ncnc21)c1ccccc1. The second kappa shape index (κ2) is 9.02. The van der Waals surface area contributed by atoms with Crippen LogP contribution in [0, 0.1) is 0 Å². The Morgan fingerprint density at radius 3 is 2.40 bits per heavy atom. The van der Waals surface area contributed by atoms with E-state index in [0.717, 1.165) is 18.4 Å². The maximum atomic E-state index is 12.3. The van der Waals surface area contributed by atoms with Crippen LogP contribution < -0.4 is 10.0 Å². The van der Waals surface area contributed by atoms with Crippen LogP contribution in [0.2, 0.25) is 0 Å². The zero-order valence-electron chi connectivity index (χ0n) is 16.3. The van der Waals surface area contributed by atoms with Crippen molar-refractivity contribution >= 4 is 26.9 Å². The van der Waals surface area contributed by atoms with Crippen molar-refractivity contribution in [1.29, 1.82) is 0 Å². The van der Waals surface area contributed by atoms with E-state index in [0.29, 0.717) is 18.0 Å². The Bertz CT molecular complexity index is 1210. The van der Waals surface area contributed by atoms with Crippen molar-refractivity contribution in [1.82, 2.24) is 24.5 Å². The number of aromatic nitrogens is 4. The highest BCUT2D eigenvalue weighted by Crippen LogP contribution is 2.18. The minimum atomic E-state index is -3.55. The van der Waals surface area contributed by atoms with E-state index < -0.39 is 10.0 Å². The van der Waals surface area contributed by atoms with Gasteiger partial charge in [-0.1, -0.05) is 48.5 Å². The van der Waals surface area contributed by atoms with Crippen molar-refractivity contribution < 1.29 is 8.42 Å². The molecule has 0 saturated heterocycles. The maximum absolute atomic E-state index is 12.3. The normalized spacial score (nSPS) is 11.6. The van der Waals surface area contributed by atoms with Crippen molar-refractivity contribution in [3.63, 3.8) is 0 Å². The number of nitrogens with zero attached hydrogens (tertiary/aromatic N) is 4. The first-order valence-corrected chi connectivity index (χ1v) is 11.1. The molecule has 0 atom stereocenters. The van der Waals surface area contributed by atoms with Crippen molar-refractivity contribution in [2.75, 3.05) is 18.4 Å². The summed E-state index contributed by atoms with van der Waals surface area (Å²) in [4.78, 5) is 8.88. The Balaban J connectivity index is 1.39. The minimum absolute atomic E-state index is 0.203. The molecule has 9 heteroatoms. The summed E-state index contributed by atoms with van der Waals surface area (Å²) in [5.41, 5.74) is 1.91. The second-order valence-corrected chi connectivity index (χ2v) is 8.47. The quantitative estimate of drug-likeness (QED) is 0.430. The van der Waals surface area contributed by atoms with Gasteiger partial charge in [-0.2, -0.15) is 5.10 Å². The third kappa shape index (κ3) is 4.64. The summed E-state index contributed by atoms with van der Waals surface area (Å²) in [6.07, 6.45) is 4.06. The van der Waals surface area contributed by atoms with E-state index in [2.05, 4.69) is 37.2 Å². The van der Waals surface area contributed by atoms with Gasteiger partial charge >= 0.3 is 0 Å². The summed E-state index contributed by atoms with van der Waals surface area (Å²) in [5.74, 6) is 0.715. The molecule has 2 aromatic heterocycles. The topological polar surface area (TPSA) is 102 Å². The second-order valence-electron chi connectivity index (χ2n) is 6.70. The number of hydrogen-bond donors (Lipinski definition) is 2. The van der Waals surface area contributed by atoms with E-state index >= 15 is 0 Å². The van der Waals surface area contributed by atoms with Crippen LogP contribution in [0.5, 0.6) is 0 Å². The van der Waals surface area contributed by atoms with Crippen LogP contribution in [0.4, 0.5) is 5.82 Å². The molecule has 4 aromatic rings. The molecule has 0 fully saturated rings. The molecule has 0 spiro atoms. The predicted octanol–water partition coefficient (Wildman–Crippen LogP) is 2.46. The molecule has 0 unspecified atom stereocenters. The van der Waals surface area contributed by atoms with Gasteiger partial charge in [0.15, 0.2) is 5.65 Å². The highest BCUT2D eigenvalue weighted by molar-refractivity contribution is 7.89. The Hall–Kier alpha value is -3.30. The molecule has 0 radical (unpaired) electrons. The number of nitrogens with one attached hydrogen (secondary N) is 2. The van der Waals surface area contributed by atoms with Gasteiger partial charge in [0.25, 0.3) is 0 Å². The van der Waals surface area contributed by atoms with Crippen LogP contribution in [-0.2, 0) is 23.0 Å². The van der Waals surface area contributed by atoms with Crippen molar-refractivity contribution in [2.24, 2.45) is 0 Å². The van der Waals surface area contributed by atoms with Gasteiger partial charge in [-0.3, -0.25) is 0 Å². The predicted molar refractivity (Wildman–Crippen MR) is 116 cm³/mol. The lowest BCUT2D eigenvalue weighted by molar-refractivity contribution is 0.564. The van der Waals surface area contributed by atoms with Gasteiger partial charge in [-0.25, -0.2) is 27.8 Å². The largest absolute Gasteiger partial charge is 0.369 e. The van der Waals surface area contributed by atoms with Crippen LogP contribution in [0.15, 0.2) is 78.1 Å². The Kier molecular flexibility index (Phi) is 6.01. The average Bonchev–Trinajstić information content (AvgIpc) is 3.19. The molecule has 0 amide bonds. The van der Waals surface area contributed by atoms with E-state index in [1.807, 2.05) is 18.2 Å². The summed E-state index contributed by atoms with van der Waals surface area (Å²) in [6.45, 7) is 1.29. The van der Waals surface area contributed by atoms with Gasteiger partial charge in [0.05, 0.1) is 23.0 Å². The smallest absolute Gasteiger partial charge is 0.240 e. The first-order valence-electron chi connectivity index (χ1n) is 9.62. The lowest BCUT2D eigenvalue weighted by Crippen LogP contribution is -2.27. The zero-order chi connectivity index (χ0) is 20.8. The molecule has 0 aliphatic carbocycles. The van der Waals surface area contributed by atoms with E-state index in [1.54, 1.807) is 41.2 Å². The molecule has 0 aliphatic heterocycles. The highest BCUT2D eigenvalue weighted by Gasteiger charge is 2.14. The summed E-state index contributed by atoms with van der Waals surface area (Å²) < 4.78 is 28.9. The Morgan fingerprint density at radius 1 is 0.900 bits per heavy atom. The van der Waals surface area contributed by atoms with Gasteiger partial charge in [0.1, 0.15) is 12.1 Å². The van der Waals surface area contributed by atoms with Crippen LogP contribution in [0.3, 0.4) is 0 Å². The molecule has 8 nitrogen and oxygen atoms in total. The first kappa shape index (κ1) is 20.0. The van der Waals surface area contributed by atoms with Gasteiger partial charge < -0.3 is 5.32 Å². The molecular weight excluding hydrogens is 400 g/mol. The van der Waals surface area contributed by atoms with Crippen LogP contribution in [0.25, 0.3) is 11.0 Å². The van der Waals surface area contributed by atoms with Gasteiger partial charge in [-0.15, -0.1) is 0 Å². The molecule has 2 aromatic carbocycles. The molecule has 154 valence electrons. The maximum Gasteiger partial charge on any atom is 0.240 e. The molecule has 0 aliphatic rings. The number of fused-ring (bicyclic) bond motifs is 1. The molecule has 0 bridgehead atoms. The number of sulfonamides is 1. The molecule has 2 N–H and O–H groups in total. The van der Waals surface area contributed by atoms with Gasteiger partial charge in [-0.05, 0) is 24.1 Å². The van der Waals surface area contributed by atoms with E-state index in [1.165, 1.54) is 11.9 Å². The summed E-state index contributed by atoms with van der Waals surface area (Å²) in [5, 5.41) is 8.49. The Morgan fingerprint density at radius 2 is 1.63 bits per heavy atom. The third-order valence-corrected chi connectivity index (χ3v) is 6.13. The fourth-order valence-electron chi connectivity index (χ4n) is 3.14. The van der Waals surface area contributed by atoms with Crippen molar-refractivity contribution in [2.45, 2.75) is 17.9 Å². The zero-order valence-corrected chi connectivity index (χ0v) is 17.1. The molecule has 30 heavy (non-hydrogen) atoms. The fraction of sp³-hybridized carbons (Fsp3) is 0.190. The minimum Gasteiger partial charge on any atom is -0.369 e. The standard InChI is InChI=1S/C21H22N6O2S/c28-30(29,18-9-5-2-6-10-18)26-13-14-27-21-19(15-25-27)20(23-16-24-21)22-12-11-17-7-3-1-4-8-17/h1-10,15-16,26H,11-14H2,(H,22,23,24). The van der Waals surface area contributed by atoms with Crippen molar-refractivity contribution in [3.05, 3.63) is 78.8 Å². The summed E-state index contributed by atoms with van der Waals surface area (Å²) in [6, 6.07) is 18.5. The van der Waals surface area contributed by atoms with Crippen LogP contribution in [-0.4, -0.2) is 41.3 Å². The number of benzene rings is 2. The molecule has 2 heterocycles. The monoisotopic (exact) mass is 422 g/mol. The summed E-state index contributed by atoms with van der Waals surface area (Å²) >= 11 is 0. The van der Waals surface area contributed by atoms with E-state index in [9.17, 15) is 8.42 Å².